The topological polar surface area (TPSA) is 254 Å². The minimum Gasteiger partial charge on any atom is -0.481 e. The van der Waals surface area contributed by atoms with Crippen LogP contribution < -0.4 is 27.0 Å². The number of rotatable bonds is 17. The van der Waals surface area contributed by atoms with Crippen molar-refractivity contribution < 1.29 is 48.9 Å². The standard InChI is InChI=1S/C24H41N5O10/c1-10(2)17(25)22(36)26-13(7-8-15(30)31)20(34)28-18(11(3)4)23(37)27-14(9-16(32)33)21(35)29-19(12(5)6)24(38)39/h10-14,17-19H,7-9,25H2,1-6H3,(H,26,36)(H,27,37)(H,28,34)(H,29,35)(H,30,31)(H,32,33)(H,38,39)/t13-,14-,17-,18-,19-/m0/s1. The average molecular weight is 560 g/mol. The van der Waals surface area contributed by atoms with Gasteiger partial charge in [-0.2, -0.15) is 0 Å². The van der Waals surface area contributed by atoms with Crippen LogP contribution in [0.15, 0.2) is 0 Å². The van der Waals surface area contributed by atoms with Gasteiger partial charge in [-0.15, -0.1) is 0 Å². The highest BCUT2D eigenvalue weighted by atomic mass is 16.4. The molecule has 0 aliphatic carbocycles. The molecule has 5 atom stereocenters. The molecular weight excluding hydrogens is 518 g/mol. The van der Waals surface area contributed by atoms with E-state index in [2.05, 4.69) is 21.3 Å². The lowest BCUT2D eigenvalue weighted by atomic mass is 10.00. The summed E-state index contributed by atoms with van der Waals surface area (Å²) >= 11 is 0. The van der Waals surface area contributed by atoms with Gasteiger partial charge in [0.05, 0.1) is 12.5 Å². The molecule has 4 amide bonds. The number of hydrogen-bond acceptors (Lipinski definition) is 8. The molecule has 0 saturated carbocycles. The Labute approximate surface area is 226 Å². The summed E-state index contributed by atoms with van der Waals surface area (Å²) < 4.78 is 0. The Morgan fingerprint density at radius 1 is 0.590 bits per heavy atom. The van der Waals surface area contributed by atoms with Gasteiger partial charge in [0.15, 0.2) is 0 Å². The summed E-state index contributed by atoms with van der Waals surface area (Å²) in [5, 5.41) is 36.8. The molecule has 15 nitrogen and oxygen atoms in total. The van der Waals surface area contributed by atoms with E-state index in [1.807, 2.05) is 0 Å². The Hall–Kier alpha value is -3.75. The molecule has 222 valence electrons. The van der Waals surface area contributed by atoms with Crippen molar-refractivity contribution in [1.29, 1.82) is 0 Å². The lowest BCUT2D eigenvalue weighted by Gasteiger charge is -2.28. The van der Waals surface area contributed by atoms with Crippen LogP contribution in [0, 0.1) is 17.8 Å². The van der Waals surface area contributed by atoms with Crippen LogP contribution in [0.2, 0.25) is 0 Å². The lowest BCUT2D eigenvalue weighted by Crippen LogP contribution is -2.60. The predicted molar refractivity (Wildman–Crippen MR) is 137 cm³/mol. The fraction of sp³-hybridized carbons (Fsp3) is 0.708. The molecule has 0 unspecified atom stereocenters. The molecule has 0 aliphatic rings. The van der Waals surface area contributed by atoms with Crippen molar-refractivity contribution >= 4 is 41.5 Å². The molecule has 39 heavy (non-hydrogen) atoms. The van der Waals surface area contributed by atoms with Crippen LogP contribution in [-0.4, -0.2) is 87.1 Å². The molecule has 0 aliphatic heterocycles. The maximum atomic E-state index is 13.1. The summed E-state index contributed by atoms with van der Waals surface area (Å²) in [6.07, 6.45) is -1.65. The quantitative estimate of drug-likeness (QED) is 0.103. The van der Waals surface area contributed by atoms with E-state index in [0.29, 0.717) is 0 Å². The molecule has 0 aromatic heterocycles. The van der Waals surface area contributed by atoms with Crippen LogP contribution in [0.3, 0.4) is 0 Å². The van der Waals surface area contributed by atoms with E-state index in [4.69, 9.17) is 10.8 Å². The van der Waals surface area contributed by atoms with Crippen LogP contribution in [0.4, 0.5) is 0 Å². The fourth-order valence-electron chi connectivity index (χ4n) is 3.31. The molecule has 0 saturated heterocycles. The maximum Gasteiger partial charge on any atom is 0.326 e. The highest BCUT2D eigenvalue weighted by Crippen LogP contribution is 2.09. The number of carboxylic acids is 3. The second kappa shape index (κ2) is 16.3. The molecule has 0 heterocycles. The summed E-state index contributed by atoms with van der Waals surface area (Å²) in [5.74, 6) is -9.03. The summed E-state index contributed by atoms with van der Waals surface area (Å²) in [6.45, 7) is 9.52. The van der Waals surface area contributed by atoms with Crippen LogP contribution in [0.25, 0.3) is 0 Å². The van der Waals surface area contributed by atoms with Gasteiger partial charge in [0.2, 0.25) is 23.6 Å². The summed E-state index contributed by atoms with van der Waals surface area (Å²) in [6, 6.07) is -6.68. The number of aliphatic carboxylic acids is 3. The SMILES string of the molecule is CC(C)[C@H](N)C(=O)N[C@@H](CCC(=O)O)C(=O)N[C@H](C(=O)N[C@@H](CC(=O)O)C(=O)N[C@H](C(=O)O)C(C)C)C(C)C. The second-order valence-electron chi connectivity index (χ2n) is 10.2. The number of amides is 4. The third-order valence-electron chi connectivity index (χ3n) is 5.79. The van der Waals surface area contributed by atoms with Crippen molar-refractivity contribution in [2.75, 3.05) is 0 Å². The Morgan fingerprint density at radius 2 is 1.05 bits per heavy atom. The molecule has 0 fully saturated rings. The van der Waals surface area contributed by atoms with Gasteiger partial charge in [-0.1, -0.05) is 41.5 Å². The van der Waals surface area contributed by atoms with Crippen molar-refractivity contribution in [2.24, 2.45) is 23.5 Å². The molecule has 0 bridgehead atoms. The highest BCUT2D eigenvalue weighted by molar-refractivity contribution is 5.96. The van der Waals surface area contributed by atoms with Gasteiger partial charge in [-0.3, -0.25) is 28.8 Å². The molecule has 0 spiro atoms. The van der Waals surface area contributed by atoms with Gasteiger partial charge in [-0.05, 0) is 24.2 Å². The van der Waals surface area contributed by atoms with Gasteiger partial charge in [0.25, 0.3) is 0 Å². The molecule has 0 radical (unpaired) electrons. The number of nitrogens with one attached hydrogen (secondary N) is 4. The van der Waals surface area contributed by atoms with E-state index < -0.39 is 96.4 Å². The zero-order chi connectivity index (χ0) is 30.6. The van der Waals surface area contributed by atoms with E-state index in [1.54, 1.807) is 27.7 Å². The largest absolute Gasteiger partial charge is 0.481 e. The smallest absolute Gasteiger partial charge is 0.326 e. The first-order chi connectivity index (χ1) is 17.9. The maximum absolute atomic E-state index is 13.1. The van der Waals surface area contributed by atoms with Crippen molar-refractivity contribution in [2.45, 2.75) is 91.0 Å². The van der Waals surface area contributed by atoms with Gasteiger partial charge in [0, 0.05) is 6.42 Å². The van der Waals surface area contributed by atoms with Crippen LogP contribution in [0.1, 0.15) is 60.8 Å². The minimum absolute atomic E-state index is 0.281. The normalized spacial score (nSPS) is 15.0. The van der Waals surface area contributed by atoms with E-state index in [0.717, 1.165) is 0 Å². The molecule has 9 N–H and O–H groups in total. The number of carbonyl (C=O) groups is 7. The van der Waals surface area contributed by atoms with Gasteiger partial charge >= 0.3 is 17.9 Å². The Balaban J connectivity index is 5.83. The zero-order valence-electron chi connectivity index (χ0n) is 23.0. The molecule has 0 aromatic rings. The van der Waals surface area contributed by atoms with E-state index in [9.17, 15) is 43.8 Å². The number of nitrogens with two attached hydrogens (primary N) is 1. The summed E-state index contributed by atoms with van der Waals surface area (Å²) in [7, 11) is 0. The molecule has 0 aromatic carbocycles. The Morgan fingerprint density at radius 3 is 1.46 bits per heavy atom. The molecule has 15 heteroatoms. The molecule has 0 rings (SSSR count). The average Bonchev–Trinajstić information content (AvgIpc) is 2.80. The van der Waals surface area contributed by atoms with Crippen LogP contribution >= 0.6 is 0 Å². The first kappa shape index (κ1) is 35.2. The third kappa shape index (κ3) is 12.6. The monoisotopic (exact) mass is 559 g/mol. The van der Waals surface area contributed by atoms with Crippen molar-refractivity contribution in [3.8, 4) is 0 Å². The van der Waals surface area contributed by atoms with E-state index >= 15 is 0 Å². The first-order valence-electron chi connectivity index (χ1n) is 12.5. The minimum atomic E-state index is -1.67. The molecular formula is C24H41N5O10. The summed E-state index contributed by atoms with van der Waals surface area (Å²) in [5.41, 5.74) is 5.81. The Kier molecular flexibility index (Phi) is 14.7. The van der Waals surface area contributed by atoms with Crippen LogP contribution in [-0.2, 0) is 33.6 Å². The van der Waals surface area contributed by atoms with E-state index in [-0.39, 0.29) is 12.3 Å². The van der Waals surface area contributed by atoms with Crippen molar-refractivity contribution in [1.82, 2.24) is 21.3 Å². The van der Waals surface area contributed by atoms with E-state index in [1.165, 1.54) is 13.8 Å². The first-order valence-corrected chi connectivity index (χ1v) is 12.5. The number of carbonyl (C=O) groups excluding carboxylic acids is 4. The number of hydrogen-bond donors (Lipinski definition) is 8. The predicted octanol–water partition coefficient (Wildman–Crippen LogP) is -1.35. The Bertz CT molecular complexity index is 921. The second-order valence-corrected chi connectivity index (χ2v) is 10.2. The summed E-state index contributed by atoms with van der Waals surface area (Å²) in [4.78, 5) is 85.0. The number of carboxylic acid groups (broad SMARTS) is 3. The lowest BCUT2D eigenvalue weighted by molar-refractivity contribution is -0.144. The van der Waals surface area contributed by atoms with Gasteiger partial charge in [0.1, 0.15) is 24.2 Å². The van der Waals surface area contributed by atoms with Crippen LogP contribution in [0.5, 0.6) is 0 Å². The third-order valence-corrected chi connectivity index (χ3v) is 5.79. The zero-order valence-corrected chi connectivity index (χ0v) is 23.0. The van der Waals surface area contributed by atoms with Crippen molar-refractivity contribution in [3.05, 3.63) is 0 Å². The van der Waals surface area contributed by atoms with Gasteiger partial charge in [-0.25, -0.2) is 4.79 Å². The highest BCUT2D eigenvalue weighted by Gasteiger charge is 2.34. The van der Waals surface area contributed by atoms with Gasteiger partial charge < -0.3 is 42.3 Å². The van der Waals surface area contributed by atoms with Crippen molar-refractivity contribution in [3.63, 3.8) is 0 Å². The fourth-order valence-corrected chi connectivity index (χ4v) is 3.31.